The van der Waals surface area contributed by atoms with Crippen molar-refractivity contribution in [2.45, 2.75) is 19.3 Å². The number of para-hydroxylation sites is 1. The van der Waals surface area contributed by atoms with Crippen LogP contribution in [0, 0.1) is 0 Å². The van der Waals surface area contributed by atoms with E-state index in [-0.39, 0.29) is 51.4 Å². The molecule has 1 heterocycles. The predicted octanol–water partition coefficient (Wildman–Crippen LogP) is 0.220. The van der Waals surface area contributed by atoms with Crippen LogP contribution < -0.4 is 56.3 Å². The summed E-state index contributed by atoms with van der Waals surface area (Å²) in [6.45, 7) is -4.24. The molecule has 1 nitrogen and oxygen atoms in total. The minimum absolute atomic E-state index is 0. The van der Waals surface area contributed by atoms with Crippen molar-refractivity contribution in [1.82, 2.24) is 0 Å². The van der Waals surface area contributed by atoms with Crippen molar-refractivity contribution in [2.75, 3.05) is 17.9 Å². The first kappa shape index (κ1) is 15.6. The molecule has 2 rings (SSSR count). The normalized spacial score (nSPS) is 15.8. The van der Waals surface area contributed by atoms with Crippen molar-refractivity contribution in [2.24, 2.45) is 0 Å². The van der Waals surface area contributed by atoms with E-state index in [9.17, 15) is 12.9 Å². The van der Waals surface area contributed by atoms with E-state index in [0.29, 0.717) is 6.54 Å². The molecule has 1 aromatic rings. The maximum atomic E-state index is 12.5. The first-order chi connectivity index (χ1) is 7.56. The van der Waals surface area contributed by atoms with Gasteiger partial charge in [-0.1, -0.05) is 18.2 Å². The van der Waals surface area contributed by atoms with Crippen LogP contribution in [0.1, 0.15) is 18.4 Å². The fraction of sp³-hybridized carbons (Fsp3) is 0.455. The van der Waals surface area contributed by atoms with Crippen molar-refractivity contribution in [1.29, 1.82) is 0 Å². The van der Waals surface area contributed by atoms with Gasteiger partial charge < -0.3 is 17.8 Å². The van der Waals surface area contributed by atoms with E-state index in [2.05, 4.69) is 0 Å². The summed E-state index contributed by atoms with van der Waals surface area (Å²) in [7, 11) is 0. The molecule has 0 unspecified atom stereocenters. The van der Waals surface area contributed by atoms with Crippen LogP contribution in [0.5, 0.6) is 0 Å². The van der Waals surface area contributed by atoms with Gasteiger partial charge in [-0.25, -0.2) is 0 Å². The largest absolute Gasteiger partial charge is 1.00 e. The predicted molar refractivity (Wildman–Crippen MR) is 60.7 cm³/mol. The van der Waals surface area contributed by atoms with Crippen LogP contribution in [0.25, 0.3) is 0 Å². The topological polar surface area (TPSA) is 3.24 Å². The van der Waals surface area contributed by atoms with Crippen LogP contribution >= 0.6 is 0 Å². The molecule has 0 radical (unpaired) electrons. The third kappa shape index (κ3) is 4.59. The third-order valence-corrected chi connectivity index (χ3v) is 2.88. The molecule has 0 saturated heterocycles. The Balaban J connectivity index is 0.00000144. The molecule has 0 spiro atoms. The molecule has 17 heavy (non-hydrogen) atoms. The summed E-state index contributed by atoms with van der Waals surface area (Å²) < 4.78 is 37.5. The molecule has 1 aromatic carbocycles. The van der Waals surface area contributed by atoms with Crippen LogP contribution in [0.3, 0.4) is 0 Å². The number of benzene rings is 1. The summed E-state index contributed by atoms with van der Waals surface area (Å²) in [4.78, 5) is 1.47. The van der Waals surface area contributed by atoms with E-state index < -0.39 is 13.4 Å². The Kier molecular flexibility index (Phi) is 6.06. The van der Waals surface area contributed by atoms with Crippen LogP contribution in [-0.2, 0) is 6.42 Å². The summed E-state index contributed by atoms with van der Waals surface area (Å²) in [5.74, 6) is 0. The van der Waals surface area contributed by atoms with E-state index in [1.165, 1.54) is 4.90 Å². The van der Waals surface area contributed by atoms with Gasteiger partial charge >= 0.3 is 58.4 Å². The zero-order valence-electron chi connectivity index (χ0n) is 10.0. The van der Waals surface area contributed by atoms with Gasteiger partial charge in [-0.15, -0.1) is 0 Å². The second-order valence-corrected chi connectivity index (χ2v) is 4.24. The number of halogens is 3. The first-order valence-corrected chi connectivity index (χ1v) is 5.60. The quantitative estimate of drug-likeness (QED) is 0.693. The number of nitrogens with zero attached hydrogens (tertiary/aromatic N) is 1. The Morgan fingerprint density at radius 2 is 1.82 bits per heavy atom. The monoisotopic (exact) mass is 267 g/mol. The first-order valence-electron chi connectivity index (χ1n) is 5.60. The summed E-state index contributed by atoms with van der Waals surface area (Å²) >= 11 is 0. The summed E-state index contributed by atoms with van der Waals surface area (Å²) in [6.07, 6.45) is 1.91. The number of hydrogen-bond donors (Lipinski definition) is 0. The average molecular weight is 267 g/mol. The summed E-state index contributed by atoms with van der Waals surface area (Å²) in [5, 5.41) is 0. The van der Waals surface area contributed by atoms with Gasteiger partial charge in [0.2, 0.25) is 0 Å². The average Bonchev–Trinajstić information content (AvgIpc) is 2.39. The molecule has 0 aromatic heterocycles. The molecule has 0 bridgehead atoms. The smallest absolute Gasteiger partial charge is 0.448 e. The molecule has 1 aliphatic heterocycles. The van der Waals surface area contributed by atoms with Crippen LogP contribution in [0.15, 0.2) is 24.3 Å². The maximum Gasteiger partial charge on any atom is 1.00 e. The van der Waals surface area contributed by atoms with Crippen LogP contribution in [-0.4, -0.2) is 20.0 Å². The molecule has 1 aliphatic rings. The molecule has 0 saturated carbocycles. The van der Waals surface area contributed by atoms with Crippen molar-refractivity contribution < 1.29 is 64.3 Å². The van der Waals surface area contributed by atoms with Crippen molar-refractivity contribution in [3.63, 3.8) is 0 Å². The standard InChI is InChI=1S/C11H14BF3N.K/c13-12(14,15)9-16-8-4-3-6-10-5-1-2-7-11(10)16;/h1-2,5,7H,3-4,6,8-9H2;/q-1;+1. The van der Waals surface area contributed by atoms with Crippen molar-refractivity contribution in [3.8, 4) is 0 Å². The molecule has 0 fully saturated rings. The van der Waals surface area contributed by atoms with Crippen molar-refractivity contribution in [3.05, 3.63) is 29.8 Å². The number of anilines is 1. The van der Waals surface area contributed by atoms with Crippen LogP contribution in [0.2, 0.25) is 0 Å². The van der Waals surface area contributed by atoms with Gasteiger partial charge in [0.05, 0.1) is 0 Å². The van der Waals surface area contributed by atoms with Gasteiger partial charge in [-0.3, -0.25) is 0 Å². The number of aryl methyl sites for hydroxylation is 1. The Morgan fingerprint density at radius 3 is 2.53 bits per heavy atom. The molecular weight excluding hydrogens is 253 g/mol. The van der Waals surface area contributed by atoms with Gasteiger partial charge in [0.1, 0.15) is 0 Å². The third-order valence-electron chi connectivity index (χ3n) is 2.88. The van der Waals surface area contributed by atoms with Crippen molar-refractivity contribution >= 4 is 12.7 Å². The van der Waals surface area contributed by atoms with E-state index in [0.717, 1.165) is 30.5 Å². The second-order valence-electron chi connectivity index (χ2n) is 4.24. The zero-order valence-corrected chi connectivity index (χ0v) is 13.1. The van der Waals surface area contributed by atoms with Gasteiger partial charge in [-0.05, 0) is 37.3 Å². The van der Waals surface area contributed by atoms with Gasteiger partial charge in [0.25, 0.3) is 0 Å². The molecular formula is C11H14BF3KN. The zero-order chi connectivity index (χ0) is 11.6. The van der Waals surface area contributed by atoms with Gasteiger partial charge in [-0.2, -0.15) is 0 Å². The summed E-state index contributed by atoms with van der Waals surface area (Å²) in [6, 6.07) is 7.42. The fourth-order valence-corrected chi connectivity index (χ4v) is 2.21. The molecule has 0 atom stereocenters. The van der Waals surface area contributed by atoms with E-state index >= 15 is 0 Å². The molecule has 0 aliphatic carbocycles. The second kappa shape index (κ2) is 6.61. The fourth-order valence-electron chi connectivity index (χ4n) is 2.21. The Morgan fingerprint density at radius 1 is 1.12 bits per heavy atom. The SMILES string of the molecule is F[B-](F)(F)CN1CCCCc2ccccc21.[K+]. The van der Waals surface area contributed by atoms with E-state index in [4.69, 9.17) is 0 Å². The molecule has 6 heteroatoms. The summed E-state index contributed by atoms with van der Waals surface area (Å²) in [5.41, 5.74) is 1.80. The Labute approximate surface area is 142 Å². The number of rotatable bonds is 2. The molecule has 88 valence electrons. The van der Waals surface area contributed by atoms with E-state index in [1.54, 1.807) is 12.1 Å². The maximum absolute atomic E-state index is 12.5. The van der Waals surface area contributed by atoms with E-state index in [1.807, 2.05) is 12.1 Å². The minimum atomic E-state index is -4.75. The van der Waals surface area contributed by atoms with Crippen LogP contribution in [0.4, 0.5) is 18.6 Å². The minimum Gasteiger partial charge on any atom is -0.448 e. The number of hydrogen-bond acceptors (Lipinski definition) is 1. The Bertz CT molecular complexity index is 370. The molecule has 0 N–H and O–H groups in total. The molecule has 0 amide bonds. The van der Waals surface area contributed by atoms with Gasteiger partial charge in [0.15, 0.2) is 0 Å². The van der Waals surface area contributed by atoms with Gasteiger partial charge in [0, 0.05) is 12.2 Å². The Hall–Kier alpha value is 0.511. The number of fused-ring (bicyclic) bond motifs is 1.